The topological polar surface area (TPSA) is 168 Å². The summed E-state index contributed by atoms with van der Waals surface area (Å²) in [5.41, 5.74) is 13.0. The zero-order chi connectivity index (χ0) is 53.6. The van der Waals surface area contributed by atoms with Gasteiger partial charge < -0.3 is 14.2 Å². The predicted molar refractivity (Wildman–Crippen MR) is 320 cm³/mol. The second-order valence-electron chi connectivity index (χ2n) is 20.5. The highest BCUT2D eigenvalue weighted by Gasteiger charge is 2.36. The van der Waals surface area contributed by atoms with Crippen molar-refractivity contribution in [2.75, 3.05) is 0 Å². The molecule has 10 aromatic rings. The van der Waals surface area contributed by atoms with E-state index in [1.54, 1.807) is 51.4 Å². The van der Waals surface area contributed by atoms with Gasteiger partial charge in [-0.1, -0.05) is 115 Å². The van der Waals surface area contributed by atoms with Gasteiger partial charge in [-0.2, -0.15) is 29.8 Å². The second-order valence-corrected chi connectivity index (χ2v) is 25.2. The minimum atomic E-state index is -0.986. The number of hydrogen-bond acceptors (Lipinski definition) is 13. The number of benzene rings is 3. The molecule has 15 heteroatoms. The maximum Gasteiger partial charge on any atom is 0.194 e. The van der Waals surface area contributed by atoms with Crippen LogP contribution in [-0.4, -0.2) is 28.8 Å². The molecule has 0 saturated carbocycles. The van der Waals surface area contributed by atoms with Crippen LogP contribution in [0.25, 0.3) is 95.4 Å². The van der Waals surface area contributed by atoms with Crippen molar-refractivity contribution in [1.82, 2.24) is 17.9 Å². The van der Waals surface area contributed by atoms with E-state index in [0.29, 0.717) is 56.4 Å². The second kappa shape index (κ2) is 20.1. The van der Waals surface area contributed by atoms with E-state index in [4.69, 9.17) is 8.75 Å². The molecule has 2 aliphatic rings. The molecule has 382 valence electrons. The number of nitrogens with zero attached hydrogens (tertiary/aromatic N) is 8. The Morgan fingerprint density at radius 2 is 1.10 bits per heavy atom. The molecule has 7 heterocycles. The first-order chi connectivity index (χ1) is 37.5. The third-order valence-electron chi connectivity index (χ3n) is 16.3. The molecule has 0 aliphatic heterocycles. The first kappa shape index (κ1) is 50.7. The van der Waals surface area contributed by atoms with Crippen molar-refractivity contribution >= 4 is 158 Å². The van der Waals surface area contributed by atoms with Crippen LogP contribution in [0.3, 0.4) is 0 Å². The van der Waals surface area contributed by atoms with E-state index in [9.17, 15) is 30.9 Å². The van der Waals surface area contributed by atoms with E-state index in [2.05, 4.69) is 75.0 Å². The Balaban J connectivity index is 1.17. The Labute approximate surface area is 466 Å². The van der Waals surface area contributed by atoms with Crippen LogP contribution in [0.15, 0.2) is 70.8 Å². The molecule has 7 aromatic heterocycles. The lowest BCUT2D eigenvalue weighted by Gasteiger charge is -2.20. The molecule has 10 nitrogen and oxygen atoms in total. The standard InChI is InChI=1S/C62H52N8O2S5/c1-7-11-17-33(9-3)29-69-51-47(59-53(69)61-57(75-59)31(5)43(73-61)23-41-45(35(25-63)26-64)37-19-13-15-21-39(37)55(41)71)49-50(68-77-67-49)48-52(51)70(30-34(10-4)18-12-8-2)54-60(48)76-58-32(6)44(74-62(54)58)24-42-46(36(27-65)28-66)38-20-14-16-22-40(38)56(42)72/h13-16,19-24,33-34,55,71H,7-12,17-18,29-30H2,1-6H3/b41-23-,42-24-. The summed E-state index contributed by atoms with van der Waals surface area (Å²) in [7, 11) is 0. The molecule has 12 rings (SSSR count). The number of ketones is 1. The third-order valence-corrected chi connectivity index (χ3v) is 22.2. The smallest absolute Gasteiger partial charge is 0.194 e. The van der Waals surface area contributed by atoms with Crippen LogP contribution in [0.1, 0.15) is 133 Å². The zero-order valence-corrected chi connectivity index (χ0v) is 47.6. The molecule has 0 amide bonds. The number of carbonyl (C=O) groups is 1. The van der Waals surface area contributed by atoms with Crippen molar-refractivity contribution in [3.05, 3.63) is 114 Å². The fourth-order valence-corrected chi connectivity index (χ4v) is 18.4. The van der Waals surface area contributed by atoms with E-state index >= 15 is 0 Å². The summed E-state index contributed by atoms with van der Waals surface area (Å²) in [5.74, 6) is 0.629. The van der Waals surface area contributed by atoms with Crippen molar-refractivity contribution in [3.8, 4) is 24.3 Å². The molecule has 0 radical (unpaired) electrons. The summed E-state index contributed by atoms with van der Waals surface area (Å²) in [6.45, 7) is 15.1. The number of hydrogen-bond donors (Lipinski definition) is 1. The number of aryl methyl sites for hydroxylation is 2. The van der Waals surface area contributed by atoms with Crippen molar-refractivity contribution in [2.45, 2.75) is 112 Å². The first-order valence-electron chi connectivity index (χ1n) is 26.5. The van der Waals surface area contributed by atoms with Crippen LogP contribution in [-0.2, 0) is 13.1 Å². The van der Waals surface area contributed by atoms with Gasteiger partial charge in [0.2, 0.25) is 0 Å². The van der Waals surface area contributed by atoms with Gasteiger partial charge in [0.15, 0.2) is 5.78 Å². The molecular weight excluding hydrogens is 1050 g/mol. The molecule has 0 spiro atoms. The van der Waals surface area contributed by atoms with E-state index in [-0.39, 0.29) is 16.9 Å². The number of rotatable bonds is 14. The van der Waals surface area contributed by atoms with Gasteiger partial charge in [-0.25, -0.2) is 0 Å². The lowest BCUT2D eigenvalue weighted by molar-refractivity contribution is 0.104. The van der Waals surface area contributed by atoms with Crippen molar-refractivity contribution in [3.63, 3.8) is 0 Å². The van der Waals surface area contributed by atoms with Gasteiger partial charge >= 0.3 is 0 Å². The summed E-state index contributed by atoms with van der Waals surface area (Å²) in [4.78, 5) is 16.1. The predicted octanol–water partition coefficient (Wildman–Crippen LogP) is 17.5. The Hall–Kier alpha value is -7.05. The molecule has 3 atom stereocenters. The molecule has 0 saturated heterocycles. The fraction of sp³-hybridized carbons (Fsp3) is 0.306. The first-order valence-corrected chi connectivity index (χ1v) is 30.5. The number of aromatic nitrogens is 4. The van der Waals surface area contributed by atoms with E-state index in [1.165, 1.54) is 52.6 Å². The third kappa shape index (κ3) is 7.65. The van der Waals surface area contributed by atoms with E-state index < -0.39 is 6.10 Å². The average Bonchev–Trinajstić information content (AvgIpc) is 4.37. The van der Waals surface area contributed by atoms with Crippen molar-refractivity contribution in [1.29, 1.82) is 21.0 Å². The Morgan fingerprint density at radius 1 is 0.623 bits per heavy atom. The highest BCUT2D eigenvalue weighted by atomic mass is 32.1. The summed E-state index contributed by atoms with van der Waals surface area (Å²) in [5, 5.41) is 54.8. The SMILES string of the molecule is CCCCC(CC)Cn1c2c3sc(/C=C4\C(=O)c5ccccc5C4=C(C#N)C#N)c(C)c3sc2c2c3nsnc3c3c4sc5c(C)c(/C=C6/C(=C(C#N)C#N)c7ccccc7C6O)sc5c4n(CC(CC)CCCC)c3c21. The van der Waals surface area contributed by atoms with Crippen molar-refractivity contribution in [2.24, 2.45) is 11.8 Å². The Morgan fingerprint density at radius 3 is 1.61 bits per heavy atom. The number of allylic oxidation sites excluding steroid dienone is 4. The lowest BCUT2D eigenvalue weighted by Crippen LogP contribution is -2.13. The quantitative estimate of drug-likeness (QED) is 0.0829. The Bertz CT molecular complexity index is 4450. The minimum Gasteiger partial charge on any atom is -0.384 e. The lowest BCUT2D eigenvalue weighted by atomic mass is 9.98. The summed E-state index contributed by atoms with van der Waals surface area (Å²) >= 11 is 8.26. The van der Waals surface area contributed by atoms with Crippen LogP contribution in [0.4, 0.5) is 0 Å². The zero-order valence-electron chi connectivity index (χ0n) is 43.6. The molecule has 0 fully saturated rings. The maximum atomic E-state index is 14.2. The van der Waals surface area contributed by atoms with Crippen LogP contribution < -0.4 is 0 Å². The molecule has 2 aliphatic carbocycles. The van der Waals surface area contributed by atoms with Gasteiger partial charge in [0, 0.05) is 55.9 Å². The number of fused-ring (bicyclic) bond motifs is 16. The molecule has 77 heavy (non-hydrogen) atoms. The van der Waals surface area contributed by atoms with Crippen LogP contribution in [0, 0.1) is 71.0 Å². The summed E-state index contributed by atoms with van der Waals surface area (Å²) in [6.07, 6.45) is 11.7. The largest absolute Gasteiger partial charge is 0.384 e. The number of unbranched alkanes of at least 4 members (excludes halogenated alkanes) is 2. The van der Waals surface area contributed by atoms with Gasteiger partial charge in [-0.15, -0.1) is 45.3 Å². The van der Waals surface area contributed by atoms with E-state index in [1.807, 2.05) is 54.6 Å². The van der Waals surface area contributed by atoms with E-state index in [0.717, 1.165) is 117 Å². The van der Waals surface area contributed by atoms with Crippen LogP contribution >= 0.6 is 57.1 Å². The molecule has 3 aromatic carbocycles. The van der Waals surface area contributed by atoms with Gasteiger partial charge in [0.05, 0.1) is 62.0 Å². The fourth-order valence-electron chi connectivity index (χ4n) is 12.2. The number of Topliss-reactive ketones (excluding diaryl/α,β-unsaturated/α-hetero) is 1. The normalized spacial score (nSPS) is 16.2. The molecule has 0 bridgehead atoms. The molecule has 3 unspecified atom stereocenters. The van der Waals surface area contributed by atoms with Crippen LogP contribution in [0.2, 0.25) is 0 Å². The molecular formula is C62H52N8O2S5. The highest BCUT2D eigenvalue weighted by molar-refractivity contribution is 7.34. The monoisotopic (exact) mass is 1100 g/mol. The maximum absolute atomic E-state index is 14.2. The highest BCUT2D eigenvalue weighted by Crippen LogP contribution is 2.56. The van der Waals surface area contributed by atoms with Crippen LogP contribution in [0.5, 0.6) is 0 Å². The van der Waals surface area contributed by atoms with Gasteiger partial charge in [0.1, 0.15) is 52.6 Å². The average molecular weight is 1100 g/mol. The Kier molecular flexibility index (Phi) is 13.2. The summed E-state index contributed by atoms with van der Waals surface area (Å²) in [6, 6.07) is 23.2. The van der Waals surface area contributed by atoms with Crippen molar-refractivity contribution < 1.29 is 9.90 Å². The van der Waals surface area contributed by atoms with Gasteiger partial charge in [-0.05, 0) is 84.1 Å². The number of thiophene rings is 4. The number of aliphatic hydroxyl groups excluding tert-OH is 1. The number of nitriles is 4. The number of aliphatic hydroxyl groups is 1. The molecule has 1 N–H and O–H groups in total. The minimum absolute atomic E-state index is 0.0153. The summed E-state index contributed by atoms with van der Waals surface area (Å²) < 4.78 is 22.7. The van der Waals surface area contributed by atoms with Gasteiger partial charge in [-0.3, -0.25) is 4.79 Å². The van der Waals surface area contributed by atoms with Gasteiger partial charge in [0.25, 0.3) is 0 Å². The number of carbonyl (C=O) groups excluding carboxylic acids is 1.